The van der Waals surface area contributed by atoms with Crippen molar-refractivity contribution in [2.75, 3.05) is 7.11 Å². The average Bonchev–Trinajstić information content (AvgIpc) is 2.33. The van der Waals surface area contributed by atoms with Crippen molar-refractivity contribution in [3.8, 4) is 5.75 Å². The number of hydrogen-bond donors (Lipinski definition) is 0. The molecule has 18 heavy (non-hydrogen) atoms. The number of benzene rings is 1. The molecule has 0 heterocycles. The van der Waals surface area contributed by atoms with E-state index >= 15 is 0 Å². The Hall–Kier alpha value is -1.51. The first-order valence-corrected chi connectivity index (χ1v) is 6.24. The Morgan fingerprint density at radius 1 is 1.28 bits per heavy atom. The predicted molar refractivity (Wildman–Crippen MR) is 71.8 cm³/mol. The standard InChI is InChI=1S/C15H22O3/c1-10-6-7-11(2)14(8-10)18-13(4)12(3)9-15(16)17-5/h6-8,12-13H,9H2,1-5H3. The molecule has 3 heteroatoms. The lowest BCUT2D eigenvalue weighted by atomic mass is 10.0. The maximum Gasteiger partial charge on any atom is 0.305 e. The van der Waals surface area contributed by atoms with Gasteiger partial charge >= 0.3 is 5.97 Å². The molecule has 1 rings (SSSR count). The Morgan fingerprint density at radius 3 is 2.56 bits per heavy atom. The molecule has 0 amide bonds. The zero-order valence-corrected chi connectivity index (χ0v) is 11.8. The van der Waals surface area contributed by atoms with Gasteiger partial charge in [-0.15, -0.1) is 0 Å². The molecule has 0 saturated heterocycles. The van der Waals surface area contributed by atoms with Crippen molar-refractivity contribution in [3.63, 3.8) is 0 Å². The maximum absolute atomic E-state index is 11.2. The van der Waals surface area contributed by atoms with Gasteiger partial charge in [-0.2, -0.15) is 0 Å². The number of ether oxygens (including phenoxy) is 2. The summed E-state index contributed by atoms with van der Waals surface area (Å²) in [5.74, 6) is 0.815. The van der Waals surface area contributed by atoms with Crippen molar-refractivity contribution in [2.45, 2.75) is 40.2 Å². The van der Waals surface area contributed by atoms with Crippen molar-refractivity contribution in [1.29, 1.82) is 0 Å². The summed E-state index contributed by atoms with van der Waals surface area (Å²) in [6.45, 7) is 8.03. The molecule has 0 N–H and O–H groups in total. The van der Waals surface area contributed by atoms with Gasteiger partial charge in [-0.05, 0) is 38.0 Å². The third-order valence-corrected chi connectivity index (χ3v) is 3.17. The van der Waals surface area contributed by atoms with E-state index in [1.807, 2.05) is 39.8 Å². The van der Waals surface area contributed by atoms with Crippen LogP contribution >= 0.6 is 0 Å². The quantitative estimate of drug-likeness (QED) is 0.752. The summed E-state index contributed by atoms with van der Waals surface area (Å²) < 4.78 is 10.6. The van der Waals surface area contributed by atoms with E-state index in [0.717, 1.165) is 11.3 Å². The highest BCUT2D eigenvalue weighted by Gasteiger charge is 2.18. The van der Waals surface area contributed by atoms with E-state index < -0.39 is 0 Å². The number of carbonyl (C=O) groups is 1. The Morgan fingerprint density at radius 2 is 1.94 bits per heavy atom. The van der Waals surface area contributed by atoms with Gasteiger partial charge in [0.1, 0.15) is 5.75 Å². The number of esters is 1. The summed E-state index contributed by atoms with van der Waals surface area (Å²) in [4.78, 5) is 11.2. The molecular formula is C15H22O3. The van der Waals surface area contributed by atoms with Crippen molar-refractivity contribution in [1.82, 2.24) is 0 Å². The van der Waals surface area contributed by atoms with Crippen LogP contribution in [0.4, 0.5) is 0 Å². The topological polar surface area (TPSA) is 35.5 Å². The minimum atomic E-state index is -0.195. The van der Waals surface area contributed by atoms with Crippen molar-refractivity contribution in [3.05, 3.63) is 29.3 Å². The largest absolute Gasteiger partial charge is 0.490 e. The van der Waals surface area contributed by atoms with Gasteiger partial charge < -0.3 is 9.47 Å². The minimum absolute atomic E-state index is 0.0235. The smallest absolute Gasteiger partial charge is 0.305 e. The minimum Gasteiger partial charge on any atom is -0.490 e. The van der Waals surface area contributed by atoms with E-state index in [2.05, 4.69) is 10.8 Å². The van der Waals surface area contributed by atoms with Crippen LogP contribution in [0.2, 0.25) is 0 Å². The van der Waals surface area contributed by atoms with Gasteiger partial charge in [0, 0.05) is 5.92 Å². The Kier molecular flexibility index (Phi) is 5.20. The lowest BCUT2D eigenvalue weighted by Crippen LogP contribution is -2.24. The van der Waals surface area contributed by atoms with E-state index in [1.165, 1.54) is 12.7 Å². The Labute approximate surface area is 109 Å². The average molecular weight is 250 g/mol. The molecule has 2 unspecified atom stereocenters. The third-order valence-electron chi connectivity index (χ3n) is 3.17. The molecule has 1 aromatic rings. The van der Waals surface area contributed by atoms with Gasteiger partial charge in [0.25, 0.3) is 0 Å². The van der Waals surface area contributed by atoms with E-state index in [9.17, 15) is 4.79 Å². The van der Waals surface area contributed by atoms with Crippen LogP contribution in [0.3, 0.4) is 0 Å². The lowest BCUT2D eigenvalue weighted by Gasteiger charge is -2.22. The van der Waals surface area contributed by atoms with Crippen LogP contribution in [0.5, 0.6) is 5.75 Å². The molecule has 0 radical (unpaired) electrons. The molecule has 0 aliphatic carbocycles. The highest BCUT2D eigenvalue weighted by Crippen LogP contribution is 2.23. The van der Waals surface area contributed by atoms with Gasteiger partial charge in [0.15, 0.2) is 0 Å². The second-order valence-electron chi connectivity index (χ2n) is 4.85. The molecule has 0 saturated carbocycles. The van der Waals surface area contributed by atoms with Crippen molar-refractivity contribution >= 4 is 5.97 Å². The number of hydrogen-bond acceptors (Lipinski definition) is 3. The summed E-state index contributed by atoms with van der Waals surface area (Å²) in [7, 11) is 1.41. The summed E-state index contributed by atoms with van der Waals surface area (Å²) in [5.41, 5.74) is 2.28. The van der Waals surface area contributed by atoms with Crippen LogP contribution in [0.15, 0.2) is 18.2 Å². The number of methoxy groups -OCH3 is 1. The highest BCUT2D eigenvalue weighted by molar-refractivity contribution is 5.69. The molecule has 3 nitrogen and oxygen atoms in total. The van der Waals surface area contributed by atoms with Gasteiger partial charge in [-0.1, -0.05) is 19.1 Å². The first-order valence-electron chi connectivity index (χ1n) is 6.24. The normalized spacial score (nSPS) is 13.8. The molecule has 0 fully saturated rings. The molecule has 1 aromatic carbocycles. The zero-order valence-electron chi connectivity index (χ0n) is 11.8. The first-order chi connectivity index (χ1) is 8.43. The molecule has 0 aliphatic heterocycles. The number of aryl methyl sites for hydroxylation is 2. The SMILES string of the molecule is COC(=O)CC(C)C(C)Oc1cc(C)ccc1C. The van der Waals surface area contributed by atoms with Crippen LogP contribution in [0.25, 0.3) is 0 Å². The second-order valence-corrected chi connectivity index (χ2v) is 4.85. The van der Waals surface area contributed by atoms with Crippen LogP contribution in [0.1, 0.15) is 31.4 Å². The van der Waals surface area contributed by atoms with Crippen LogP contribution in [-0.4, -0.2) is 19.2 Å². The molecule has 0 aliphatic rings. The summed E-state index contributed by atoms with van der Waals surface area (Å²) in [6.07, 6.45) is 0.354. The van der Waals surface area contributed by atoms with Crippen LogP contribution < -0.4 is 4.74 Å². The van der Waals surface area contributed by atoms with Crippen LogP contribution in [-0.2, 0) is 9.53 Å². The fourth-order valence-corrected chi connectivity index (χ4v) is 1.66. The van der Waals surface area contributed by atoms with Crippen molar-refractivity contribution < 1.29 is 14.3 Å². The van der Waals surface area contributed by atoms with Gasteiger partial charge in [-0.25, -0.2) is 0 Å². The van der Waals surface area contributed by atoms with Gasteiger partial charge in [0.05, 0.1) is 19.6 Å². The van der Waals surface area contributed by atoms with Gasteiger partial charge in [0.2, 0.25) is 0 Å². The predicted octanol–water partition coefficient (Wildman–Crippen LogP) is 3.27. The first kappa shape index (κ1) is 14.6. The zero-order chi connectivity index (χ0) is 13.7. The third kappa shape index (κ3) is 4.06. The summed E-state index contributed by atoms with van der Waals surface area (Å²) >= 11 is 0. The van der Waals surface area contributed by atoms with E-state index in [4.69, 9.17) is 4.74 Å². The second kappa shape index (κ2) is 6.43. The Bertz CT molecular complexity index is 412. The highest BCUT2D eigenvalue weighted by atomic mass is 16.5. The summed E-state index contributed by atoms with van der Waals surface area (Å²) in [5, 5.41) is 0. The molecule has 100 valence electrons. The van der Waals surface area contributed by atoms with E-state index in [-0.39, 0.29) is 18.0 Å². The lowest BCUT2D eigenvalue weighted by molar-refractivity contribution is -0.142. The Balaban J connectivity index is 2.66. The molecule has 0 aromatic heterocycles. The van der Waals surface area contributed by atoms with Crippen LogP contribution in [0, 0.1) is 19.8 Å². The molecule has 0 bridgehead atoms. The monoisotopic (exact) mass is 250 g/mol. The summed E-state index contributed by atoms with van der Waals surface area (Å²) in [6, 6.07) is 6.13. The molecule has 2 atom stereocenters. The maximum atomic E-state index is 11.2. The van der Waals surface area contributed by atoms with E-state index in [0.29, 0.717) is 6.42 Å². The fraction of sp³-hybridized carbons (Fsp3) is 0.533. The number of carbonyl (C=O) groups excluding carboxylic acids is 1. The molecule has 0 spiro atoms. The van der Waals surface area contributed by atoms with Crippen molar-refractivity contribution in [2.24, 2.45) is 5.92 Å². The molecular weight excluding hydrogens is 228 g/mol. The number of rotatable bonds is 5. The van der Waals surface area contributed by atoms with Gasteiger partial charge in [-0.3, -0.25) is 4.79 Å². The fourth-order valence-electron chi connectivity index (χ4n) is 1.66. The van der Waals surface area contributed by atoms with E-state index in [1.54, 1.807) is 0 Å².